The van der Waals surface area contributed by atoms with Crippen LogP contribution in [0.25, 0.3) is 0 Å². The quantitative estimate of drug-likeness (QED) is 0.425. The Labute approximate surface area is 107 Å². The lowest BCUT2D eigenvalue weighted by Gasteiger charge is -2.12. The van der Waals surface area contributed by atoms with Crippen LogP contribution in [0.15, 0.2) is 12.1 Å². The maximum Gasteiger partial charge on any atom is 0.150 e. The second-order valence-corrected chi connectivity index (χ2v) is 3.91. The minimum atomic E-state index is 0.616. The first-order valence-electron chi connectivity index (χ1n) is 5.40. The topological polar surface area (TPSA) is 35.5 Å². The molecule has 0 amide bonds. The van der Waals surface area contributed by atoms with Gasteiger partial charge in [0.1, 0.15) is 11.5 Å². The lowest BCUT2D eigenvalue weighted by Crippen LogP contribution is -2.00. The van der Waals surface area contributed by atoms with Gasteiger partial charge in [0.05, 0.1) is 14.2 Å². The minimum Gasteiger partial charge on any atom is -0.497 e. The number of hydrogen-bond acceptors (Lipinski definition) is 4. The van der Waals surface area contributed by atoms with Gasteiger partial charge in [-0.25, -0.2) is 0 Å². The molecule has 92 valence electrons. The molecule has 0 atom stereocenters. The first-order valence-corrected chi connectivity index (χ1v) is 5.87. The molecule has 0 saturated carbocycles. The van der Waals surface area contributed by atoms with E-state index in [0.29, 0.717) is 17.1 Å². The highest BCUT2D eigenvalue weighted by Crippen LogP contribution is 2.29. The molecule has 0 aliphatic carbocycles. The largest absolute Gasteiger partial charge is 0.497 e. The number of aldehydes is 1. The lowest BCUT2D eigenvalue weighted by atomic mass is 10.0. The van der Waals surface area contributed by atoms with E-state index in [4.69, 9.17) is 21.7 Å². The van der Waals surface area contributed by atoms with Gasteiger partial charge >= 0.3 is 0 Å². The maximum atomic E-state index is 11.1. The van der Waals surface area contributed by atoms with E-state index < -0.39 is 0 Å². The second-order valence-electron chi connectivity index (χ2n) is 3.57. The van der Waals surface area contributed by atoms with E-state index in [1.54, 1.807) is 31.7 Å². The molecule has 3 nitrogen and oxygen atoms in total. The zero-order valence-corrected chi connectivity index (χ0v) is 10.9. The molecule has 0 aromatic heterocycles. The van der Waals surface area contributed by atoms with E-state index in [1.165, 1.54) is 0 Å². The number of rotatable bonds is 7. The normalized spacial score (nSPS) is 9.76. The van der Waals surface area contributed by atoms with Gasteiger partial charge in [0.2, 0.25) is 0 Å². The molecule has 1 aromatic carbocycles. The summed E-state index contributed by atoms with van der Waals surface area (Å²) in [5.41, 5.74) is 1.53. The van der Waals surface area contributed by atoms with E-state index in [1.807, 2.05) is 0 Å². The fourth-order valence-corrected chi connectivity index (χ4v) is 1.84. The molecule has 0 aliphatic rings. The molecule has 0 saturated heterocycles. The third-order valence-corrected chi connectivity index (χ3v) is 2.78. The van der Waals surface area contributed by atoms with Gasteiger partial charge in [-0.05, 0) is 30.7 Å². The summed E-state index contributed by atoms with van der Waals surface area (Å²) in [6.07, 6.45) is 3.36. The molecule has 0 spiro atoms. The van der Waals surface area contributed by atoms with Crippen LogP contribution < -0.4 is 9.47 Å². The third-order valence-electron chi connectivity index (χ3n) is 2.55. The van der Waals surface area contributed by atoms with Crippen LogP contribution in [0.1, 0.15) is 28.8 Å². The average molecular weight is 252 g/mol. The number of methoxy groups -OCH3 is 2. The van der Waals surface area contributed by atoms with Gasteiger partial charge in [0, 0.05) is 17.2 Å². The number of carbonyl (C=O) groups excluding carboxylic acids is 1. The molecule has 0 N–H and O–H groups in total. The Balaban J connectivity index is 3.05. The number of benzene rings is 1. The average Bonchev–Trinajstić information content (AvgIpc) is 2.38. The smallest absolute Gasteiger partial charge is 0.150 e. The summed E-state index contributed by atoms with van der Waals surface area (Å²) in [7, 11) is 3.15. The summed E-state index contributed by atoms with van der Waals surface area (Å²) in [5, 5.41) is 1.70. The Morgan fingerprint density at radius 2 is 2.06 bits per heavy atom. The number of carbonyl (C=O) groups is 1. The van der Waals surface area contributed by atoms with Crippen LogP contribution in [0.2, 0.25) is 0 Å². The van der Waals surface area contributed by atoms with Gasteiger partial charge in [0.25, 0.3) is 0 Å². The highest BCUT2D eigenvalue weighted by atomic mass is 32.1. The maximum absolute atomic E-state index is 11.1. The molecule has 17 heavy (non-hydrogen) atoms. The predicted octanol–water partition coefficient (Wildman–Crippen LogP) is 2.84. The van der Waals surface area contributed by atoms with E-state index in [0.717, 1.165) is 31.1 Å². The molecule has 4 heteroatoms. The van der Waals surface area contributed by atoms with Gasteiger partial charge in [-0.2, -0.15) is 0 Å². The van der Waals surface area contributed by atoms with Crippen molar-refractivity contribution in [2.24, 2.45) is 0 Å². The Morgan fingerprint density at radius 1 is 1.29 bits per heavy atom. The molecule has 0 radical (unpaired) electrons. The predicted molar refractivity (Wildman–Crippen MR) is 71.5 cm³/mol. The van der Waals surface area contributed by atoms with Gasteiger partial charge < -0.3 is 9.47 Å². The molecule has 1 aromatic rings. The van der Waals surface area contributed by atoms with E-state index in [9.17, 15) is 4.79 Å². The second kappa shape index (κ2) is 7.01. The highest BCUT2D eigenvalue weighted by Gasteiger charge is 2.11. The molecule has 1 rings (SSSR count). The molecular formula is C13H16O3S. The lowest BCUT2D eigenvalue weighted by molar-refractivity contribution is 0.112. The third kappa shape index (κ3) is 3.53. The fraction of sp³-hybridized carbons (Fsp3) is 0.385. The van der Waals surface area contributed by atoms with Crippen LogP contribution in [-0.2, 0) is 6.42 Å². The van der Waals surface area contributed by atoms with Crippen molar-refractivity contribution in [2.75, 3.05) is 14.2 Å². The van der Waals surface area contributed by atoms with Crippen LogP contribution >= 0.6 is 12.2 Å². The van der Waals surface area contributed by atoms with Crippen LogP contribution in [0.3, 0.4) is 0 Å². The zero-order chi connectivity index (χ0) is 12.7. The van der Waals surface area contributed by atoms with Crippen LogP contribution in [0, 0.1) is 0 Å². The summed E-state index contributed by atoms with van der Waals surface area (Å²) in [6.45, 7) is 0. The molecule has 0 bridgehead atoms. The van der Waals surface area contributed by atoms with Gasteiger partial charge in [-0.3, -0.25) is 4.79 Å². The van der Waals surface area contributed by atoms with E-state index in [2.05, 4.69) is 0 Å². The first kappa shape index (κ1) is 13.6. The van der Waals surface area contributed by atoms with E-state index >= 15 is 0 Å². The SMILES string of the molecule is COc1cc(C=O)c(CCCC=S)c(OC)c1. The van der Waals surface area contributed by atoms with Crippen molar-refractivity contribution in [3.8, 4) is 11.5 Å². The van der Waals surface area contributed by atoms with Crippen molar-refractivity contribution in [1.82, 2.24) is 0 Å². The van der Waals surface area contributed by atoms with Crippen LogP contribution in [0.5, 0.6) is 11.5 Å². The zero-order valence-electron chi connectivity index (χ0n) is 10.1. The van der Waals surface area contributed by atoms with Gasteiger partial charge in [-0.1, -0.05) is 12.2 Å². The van der Waals surface area contributed by atoms with Crippen LogP contribution in [-0.4, -0.2) is 25.9 Å². The minimum absolute atomic E-state index is 0.616. The van der Waals surface area contributed by atoms with Crippen molar-refractivity contribution in [1.29, 1.82) is 0 Å². The molecule has 0 heterocycles. The Hall–Kier alpha value is -1.42. The fourth-order valence-electron chi connectivity index (χ4n) is 1.68. The van der Waals surface area contributed by atoms with Crippen molar-refractivity contribution in [3.05, 3.63) is 23.3 Å². The molecular weight excluding hydrogens is 236 g/mol. The molecule has 0 unspecified atom stereocenters. The summed E-state index contributed by atoms with van der Waals surface area (Å²) >= 11 is 4.78. The van der Waals surface area contributed by atoms with Gasteiger partial charge in [-0.15, -0.1) is 0 Å². The van der Waals surface area contributed by atoms with Crippen molar-refractivity contribution >= 4 is 23.9 Å². The summed E-state index contributed by atoms with van der Waals surface area (Å²) in [4.78, 5) is 11.1. The number of ether oxygens (including phenoxy) is 2. The number of thiocarbonyl (C=S) groups is 1. The Morgan fingerprint density at radius 3 is 2.59 bits per heavy atom. The summed E-state index contributed by atoms with van der Waals surface area (Å²) < 4.78 is 10.4. The molecule has 0 fully saturated rings. The first-order chi connectivity index (χ1) is 8.26. The highest BCUT2D eigenvalue weighted by molar-refractivity contribution is 7.78. The Bertz CT molecular complexity index is 402. The summed E-state index contributed by atoms with van der Waals surface area (Å²) in [5.74, 6) is 1.32. The van der Waals surface area contributed by atoms with Gasteiger partial charge in [0.15, 0.2) is 6.29 Å². The van der Waals surface area contributed by atoms with Crippen molar-refractivity contribution in [3.63, 3.8) is 0 Å². The Kier molecular flexibility index (Phi) is 5.63. The van der Waals surface area contributed by atoms with Crippen molar-refractivity contribution < 1.29 is 14.3 Å². The number of unbranched alkanes of at least 4 members (excludes halogenated alkanes) is 1. The van der Waals surface area contributed by atoms with Crippen LogP contribution in [0.4, 0.5) is 0 Å². The standard InChI is InChI=1S/C13H16O3S/c1-15-11-7-10(9-14)12(5-3-4-6-17)13(8-11)16-2/h6-9H,3-5H2,1-2H3. The summed E-state index contributed by atoms with van der Waals surface area (Å²) in [6, 6.07) is 3.52. The van der Waals surface area contributed by atoms with E-state index in [-0.39, 0.29) is 0 Å². The molecule has 0 aliphatic heterocycles. The monoisotopic (exact) mass is 252 g/mol. The van der Waals surface area contributed by atoms with Crippen molar-refractivity contribution in [2.45, 2.75) is 19.3 Å². The number of hydrogen-bond donors (Lipinski definition) is 0.